The number of ether oxygens (including phenoxy) is 1. The van der Waals surface area contributed by atoms with E-state index in [1.54, 1.807) is 0 Å². The Hall–Kier alpha value is -1.03. The highest BCUT2D eigenvalue weighted by Crippen LogP contribution is 2.11. The Balaban J connectivity index is 4.57. The molecule has 0 amide bonds. The Morgan fingerprint density at radius 3 is 2.33 bits per heavy atom. The minimum Gasteiger partial charge on any atom is -0.466 e. The number of rotatable bonds is 6. The average Bonchev–Trinajstić information content (AvgIpc) is 2.17. The maximum absolute atomic E-state index is 11.5. The molecule has 15 heavy (non-hydrogen) atoms. The van der Waals surface area contributed by atoms with Crippen molar-refractivity contribution in [1.82, 2.24) is 4.90 Å². The van der Waals surface area contributed by atoms with Crippen molar-refractivity contribution in [2.45, 2.75) is 26.2 Å². The zero-order valence-corrected chi connectivity index (χ0v) is 10.2. The number of hydrogen-bond acceptors (Lipinski definition) is 4. The van der Waals surface area contributed by atoms with Crippen LogP contribution < -0.4 is 5.73 Å². The molecule has 0 aromatic carbocycles. The fraction of sp³-hybridized carbons (Fsp3) is 0.727. The summed E-state index contributed by atoms with van der Waals surface area (Å²) in [6.07, 6.45) is 2.33. The van der Waals surface area contributed by atoms with Crippen molar-refractivity contribution in [3.63, 3.8) is 0 Å². The third-order valence-electron chi connectivity index (χ3n) is 2.15. The fourth-order valence-electron chi connectivity index (χ4n) is 1.27. The Kier molecular flexibility index (Phi) is 6.79. The first-order valence-corrected chi connectivity index (χ1v) is 5.23. The molecule has 0 unspecified atom stereocenters. The largest absolute Gasteiger partial charge is 0.466 e. The molecule has 0 aliphatic carbocycles. The number of nitrogens with two attached hydrogens (primary N) is 1. The van der Waals surface area contributed by atoms with E-state index in [0.29, 0.717) is 17.7 Å². The van der Waals surface area contributed by atoms with E-state index in [1.807, 2.05) is 25.9 Å². The van der Waals surface area contributed by atoms with E-state index in [-0.39, 0.29) is 5.97 Å². The van der Waals surface area contributed by atoms with Crippen LogP contribution in [0.1, 0.15) is 26.2 Å². The summed E-state index contributed by atoms with van der Waals surface area (Å²) in [5, 5.41) is 0. The molecule has 0 rings (SSSR count). The highest BCUT2D eigenvalue weighted by atomic mass is 16.5. The molecule has 0 saturated carbocycles. The van der Waals surface area contributed by atoms with Crippen molar-refractivity contribution >= 4 is 5.97 Å². The van der Waals surface area contributed by atoms with Crippen LogP contribution in [0.2, 0.25) is 0 Å². The first kappa shape index (κ1) is 14.0. The summed E-state index contributed by atoms with van der Waals surface area (Å²) in [4.78, 5) is 13.5. The van der Waals surface area contributed by atoms with E-state index in [9.17, 15) is 4.79 Å². The smallest absolute Gasteiger partial charge is 0.335 e. The van der Waals surface area contributed by atoms with Gasteiger partial charge in [0.2, 0.25) is 0 Å². The number of nitrogens with zero attached hydrogens (tertiary/aromatic N) is 1. The van der Waals surface area contributed by atoms with Crippen molar-refractivity contribution in [3.05, 3.63) is 11.3 Å². The standard InChI is InChI=1S/C11H22N2O2/c1-5-6-10(12)9(11(14)15-4)7-8-13(2)3/h5-8,12H2,1-4H3. The van der Waals surface area contributed by atoms with Gasteiger partial charge in [-0.3, -0.25) is 0 Å². The van der Waals surface area contributed by atoms with Gasteiger partial charge in [0, 0.05) is 12.2 Å². The van der Waals surface area contributed by atoms with Gasteiger partial charge in [-0.25, -0.2) is 4.79 Å². The van der Waals surface area contributed by atoms with Gasteiger partial charge in [-0.15, -0.1) is 0 Å². The minimum atomic E-state index is -0.303. The monoisotopic (exact) mass is 214 g/mol. The van der Waals surface area contributed by atoms with Crippen LogP contribution >= 0.6 is 0 Å². The zero-order valence-electron chi connectivity index (χ0n) is 10.2. The molecule has 0 aliphatic rings. The van der Waals surface area contributed by atoms with E-state index in [1.165, 1.54) is 7.11 Å². The Morgan fingerprint density at radius 2 is 1.93 bits per heavy atom. The molecule has 4 nitrogen and oxygen atoms in total. The number of carbonyl (C=O) groups is 1. The van der Waals surface area contributed by atoms with Crippen LogP contribution in [0.5, 0.6) is 0 Å². The van der Waals surface area contributed by atoms with Crippen LogP contribution in [-0.2, 0) is 9.53 Å². The van der Waals surface area contributed by atoms with Gasteiger partial charge in [0.25, 0.3) is 0 Å². The molecular formula is C11H22N2O2. The van der Waals surface area contributed by atoms with Crippen molar-refractivity contribution < 1.29 is 9.53 Å². The van der Waals surface area contributed by atoms with Gasteiger partial charge >= 0.3 is 5.97 Å². The summed E-state index contributed by atoms with van der Waals surface area (Å²) >= 11 is 0. The topological polar surface area (TPSA) is 55.6 Å². The minimum absolute atomic E-state index is 0.303. The predicted octanol–water partition coefficient (Wildman–Crippen LogP) is 1.12. The Labute approximate surface area is 92.1 Å². The van der Waals surface area contributed by atoms with E-state index < -0.39 is 0 Å². The molecule has 2 N–H and O–H groups in total. The van der Waals surface area contributed by atoms with Gasteiger partial charge in [0.05, 0.1) is 12.7 Å². The lowest BCUT2D eigenvalue weighted by atomic mass is 10.1. The number of esters is 1. The van der Waals surface area contributed by atoms with E-state index >= 15 is 0 Å². The van der Waals surface area contributed by atoms with Crippen LogP contribution in [0, 0.1) is 0 Å². The number of methoxy groups -OCH3 is 1. The summed E-state index contributed by atoms with van der Waals surface area (Å²) in [6, 6.07) is 0. The highest BCUT2D eigenvalue weighted by molar-refractivity contribution is 5.89. The van der Waals surface area contributed by atoms with E-state index in [4.69, 9.17) is 10.5 Å². The maximum Gasteiger partial charge on any atom is 0.335 e. The van der Waals surface area contributed by atoms with Crippen molar-refractivity contribution in [3.8, 4) is 0 Å². The number of hydrogen-bond donors (Lipinski definition) is 1. The number of carbonyl (C=O) groups excluding carboxylic acids is 1. The molecule has 0 atom stereocenters. The van der Waals surface area contributed by atoms with Gasteiger partial charge in [0.15, 0.2) is 0 Å². The maximum atomic E-state index is 11.5. The highest BCUT2D eigenvalue weighted by Gasteiger charge is 2.13. The van der Waals surface area contributed by atoms with E-state index in [2.05, 4.69) is 0 Å². The van der Waals surface area contributed by atoms with Crippen LogP contribution in [0.25, 0.3) is 0 Å². The molecule has 0 aromatic rings. The van der Waals surface area contributed by atoms with Crippen LogP contribution in [-0.4, -0.2) is 38.6 Å². The van der Waals surface area contributed by atoms with E-state index in [0.717, 1.165) is 19.4 Å². The quantitative estimate of drug-likeness (QED) is 0.532. The van der Waals surface area contributed by atoms with Crippen molar-refractivity contribution in [2.75, 3.05) is 27.7 Å². The third kappa shape index (κ3) is 5.42. The molecule has 0 aliphatic heterocycles. The second-order valence-electron chi connectivity index (χ2n) is 3.80. The fourth-order valence-corrected chi connectivity index (χ4v) is 1.27. The second kappa shape index (κ2) is 7.29. The van der Waals surface area contributed by atoms with Gasteiger partial charge in [-0.2, -0.15) is 0 Å². The summed E-state index contributed by atoms with van der Waals surface area (Å²) in [7, 11) is 5.31. The van der Waals surface area contributed by atoms with Crippen molar-refractivity contribution in [1.29, 1.82) is 0 Å². The van der Waals surface area contributed by atoms with Crippen LogP contribution in [0.3, 0.4) is 0 Å². The zero-order chi connectivity index (χ0) is 11.8. The molecule has 0 saturated heterocycles. The molecular weight excluding hydrogens is 192 g/mol. The molecule has 0 radical (unpaired) electrons. The van der Waals surface area contributed by atoms with Crippen LogP contribution in [0.4, 0.5) is 0 Å². The molecule has 88 valence electrons. The van der Waals surface area contributed by atoms with Crippen LogP contribution in [0.15, 0.2) is 11.3 Å². The predicted molar refractivity (Wildman–Crippen MR) is 61.3 cm³/mol. The van der Waals surface area contributed by atoms with Gasteiger partial charge in [-0.1, -0.05) is 13.3 Å². The normalized spacial score (nSPS) is 12.6. The summed E-state index contributed by atoms with van der Waals surface area (Å²) < 4.78 is 4.72. The van der Waals surface area contributed by atoms with Gasteiger partial charge in [-0.05, 0) is 26.9 Å². The number of allylic oxidation sites excluding steroid dienone is 1. The van der Waals surface area contributed by atoms with Crippen molar-refractivity contribution in [2.24, 2.45) is 5.73 Å². The third-order valence-corrected chi connectivity index (χ3v) is 2.15. The first-order chi connectivity index (χ1) is 7.02. The molecule has 0 spiro atoms. The van der Waals surface area contributed by atoms with Gasteiger partial charge < -0.3 is 15.4 Å². The Morgan fingerprint density at radius 1 is 1.33 bits per heavy atom. The Bertz CT molecular complexity index is 235. The lowest BCUT2D eigenvalue weighted by Crippen LogP contribution is -2.19. The average molecular weight is 214 g/mol. The SMILES string of the molecule is CCCC(N)=C(CCN(C)C)C(=O)OC. The van der Waals surface area contributed by atoms with Gasteiger partial charge in [0.1, 0.15) is 0 Å². The summed E-state index contributed by atoms with van der Waals surface area (Å²) in [5.74, 6) is -0.303. The molecule has 0 heterocycles. The molecule has 0 aromatic heterocycles. The first-order valence-electron chi connectivity index (χ1n) is 5.23. The second-order valence-corrected chi connectivity index (χ2v) is 3.80. The lowest BCUT2D eigenvalue weighted by molar-refractivity contribution is -0.136. The molecule has 4 heteroatoms. The lowest BCUT2D eigenvalue weighted by Gasteiger charge is -2.13. The summed E-state index contributed by atoms with van der Waals surface area (Å²) in [6.45, 7) is 2.84. The molecule has 0 bridgehead atoms. The molecule has 0 fully saturated rings. The summed E-state index contributed by atoms with van der Waals surface area (Å²) in [5.41, 5.74) is 7.13.